The lowest BCUT2D eigenvalue weighted by molar-refractivity contribution is 0.0469. The van der Waals surface area contributed by atoms with E-state index in [1.807, 2.05) is 13.0 Å². The van der Waals surface area contributed by atoms with Crippen molar-refractivity contribution in [1.82, 2.24) is 0 Å². The van der Waals surface area contributed by atoms with Gasteiger partial charge in [0.15, 0.2) is 0 Å². The Labute approximate surface area is 115 Å². The maximum atomic E-state index is 13.5. The van der Waals surface area contributed by atoms with Crippen molar-refractivity contribution in [3.05, 3.63) is 70.0 Å². The molecular weight excluding hydrogens is 267 g/mol. The summed E-state index contributed by atoms with van der Waals surface area (Å²) in [6.45, 7) is 1.70. The molecule has 0 saturated heterocycles. The Morgan fingerprint density at radius 3 is 2.68 bits per heavy atom. The highest BCUT2D eigenvalue weighted by Gasteiger charge is 2.11. The molecule has 98 valence electrons. The Hall–Kier alpha value is -1.87. The van der Waals surface area contributed by atoms with Crippen LogP contribution < -0.4 is 0 Å². The van der Waals surface area contributed by atoms with Crippen molar-refractivity contribution in [1.29, 1.82) is 0 Å². The first-order valence-electron chi connectivity index (χ1n) is 5.74. The Morgan fingerprint density at radius 1 is 1.26 bits per heavy atom. The number of benzene rings is 2. The SMILES string of the molecule is Cc1cccc(C(=O)OCc2c(F)cccc2Cl)c1. The van der Waals surface area contributed by atoms with E-state index in [0.29, 0.717) is 5.56 Å². The highest BCUT2D eigenvalue weighted by molar-refractivity contribution is 6.31. The van der Waals surface area contributed by atoms with Gasteiger partial charge in [-0.1, -0.05) is 35.4 Å². The van der Waals surface area contributed by atoms with Gasteiger partial charge >= 0.3 is 5.97 Å². The minimum absolute atomic E-state index is 0.182. The van der Waals surface area contributed by atoms with Crippen LogP contribution in [0.3, 0.4) is 0 Å². The lowest BCUT2D eigenvalue weighted by Gasteiger charge is -2.08. The molecule has 0 aliphatic heterocycles. The van der Waals surface area contributed by atoms with E-state index >= 15 is 0 Å². The van der Waals surface area contributed by atoms with E-state index in [9.17, 15) is 9.18 Å². The number of aryl methyl sites for hydroxylation is 1. The fraction of sp³-hybridized carbons (Fsp3) is 0.133. The molecular formula is C15H12ClFO2. The van der Waals surface area contributed by atoms with Gasteiger partial charge in [-0.15, -0.1) is 0 Å². The van der Waals surface area contributed by atoms with E-state index in [2.05, 4.69) is 0 Å². The van der Waals surface area contributed by atoms with Gasteiger partial charge in [-0.25, -0.2) is 9.18 Å². The zero-order valence-electron chi connectivity index (χ0n) is 10.3. The highest BCUT2D eigenvalue weighted by atomic mass is 35.5. The quantitative estimate of drug-likeness (QED) is 0.789. The fourth-order valence-corrected chi connectivity index (χ4v) is 1.88. The average Bonchev–Trinajstić information content (AvgIpc) is 2.38. The van der Waals surface area contributed by atoms with Crippen molar-refractivity contribution >= 4 is 17.6 Å². The molecule has 4 heteroatoms. The van der Waals surface area contributed by atoms with Gasteiger partial charge in [-0.3, -0.25) is 0 Å². The van der Waals surface area contributed by atoms with Crippen molar-refractivity contribution in [3.8, 4) is 0 Å². The van der Waals surface area contributed by atoms with Gasteiger partial charge in [0.1, 0.15) is 12.4 Å². The Bertz CT molecular complexity index is 591. The third-order valence-electron chi connectivity index (χ3n) is 2.66. The van der Waals surface area contributed by atoms with E-state index in [1.54, 1.807) is 24.3 Å². The molecule has 0 aliphatic rings. The summed E-state index contributed by atoms with van der Waals surface area (Å²) < 4.78 is 18.6. The van der Waals surface area contributed by atoms with E-state index in [4.69, 9.17) is 16.3 Å². The molecule has 0 bridgehead atoms. The molecule has 0 aliphatic carbocycles. The molecule has 0 spiro atoms. The maximum Gasteiger partial charge on any atom is 0.338 e. The first-order chi connectivity index (χ1) is 9.08. The summed E-state index contributed by atoms with van der Waals surface area (Å²) in [5.74, 6) is -0.979. The summed E-state index contributed by atoms with van der Waals surface area (Å²) in [4.78, 5) is 11.8. The molecule has 0 radical (unpaired) electrons. The highest BCUT2D eigenvalue weighted by Crippen LogP contribution is 2.20. The number of ether oxygens (including phenoxy) is 1. The van der Waals surface area contributed by atoms with E-state index in [-0.39, 0.29) is 17.2 Å². The van der Waals surface area contributed by atoms with Gasteiger partial charge in [0.25, 0.3) is 0 Å². The minimum Gasteiger partial charge on any atom is -0.457 e. The molecule has 2 nitrogen and oxygen atoms in total. The Balaban J connectivity index is 2.09. The normalized spacial score (nSPS) is 10.3. The van der Waals surface area contributed by atoms with Crippen LogP contribution in [-0.2, 0) is 11.3 Å². The third-order valence-corrected chi connectivity index (χ3v) is 3.02. The van der Waals surface area contributed by atoms with Crippen LogP contribution in [0, 0.1) is 12.7 Å². The third kappa shape index (κ3) is 3.32. The van der Waals surface area contributed by atoms with Crippen molar-refractivity contribution in [2.75, 3.05) is 0 Å². The zero-order chi connectivity index (χ0) is 13.8. The largest absolute Gasteiger partial charge is 0.457 e. The summed E-state index contributed by atoms with van der Waals surface area (Å²) in [5.41, 5.74) is 1.58. The second kappa shape index (κ2) is 5.85. The molecule has 0 heterocycles. The van der Waals surface area contributed by atoms with Crippen LogP contribution >= 0.6 is 11.6 Å². The van der Waals surface area contributed by atoms with Crippen LogP contribution in [0.15, 0.2) is 42.5 Å². The Morgan fingerprint density at radius 2 is 2.00 bits per heavy atom. The number of hydrogen-bond acceptors (Lipinski definition) is 2. The lowest BCUT2D eigenvalue weighted by atomic mass is 10.1. The smallest absolute Gasteiger partial charge is 0.338 e. The van der Waals surface area contributed by atoms with E-state index in [0.717, 1.165) is 5.56 Å². The average molecular weight is 279 g/mol. The second-order valence-corrected chi connectivity index (χ2v) is 4.55. The molecule has 0 saturated carbocycles. The topological polar surface area (TPSA) is 26.3 Å². The Kier molecular flexibility index (Phi) is 4.17. The van der Waals surface area contributed by atoms with Crippen molar-refractivity contribution in [2.45, 2.75) is 13.5 Å². The van der Waals surface area contributed by atoms with Crippen LogP contribution in [0.2, 0.25) is 5.02 Å². The van der Waals surface area contributed by atoms with Crippen LogP contribution in [0.25, 0.3) is 0 Å². The monoisotopic (exact) mass is 278 g/mol. The second-order valence-electron chi connectivity index (χ2n) is 4.15. The summed E-state index contributed by atoms with van der Waals surface area (Å²) in [5, 5.41) is 0.247. The van der Waals surface area contributed by atoms with Crippen LogP contribution in [0.4, 0.5) is 4.39 Å². The van der Waals surface area contributed by atoms with Crippen LogP contribution in [-0.4, -0.2) is 5.97 Å². The van der Waals surface area contributed by atoms with Crippen molar-refractivity contribution < 1.29 is 13.9 Å². The van der Waals surface area contributed by atoms with Gasteiger partial charge < -0.3 is 4.74 Å². The van der Waals surface area contributed by atoms with Gasteiger partial charge in [-0.05, 0) is 31.2 Å². The van der Waals surface area contributed by atoms with Gasteiger partial charge in [0.05, 0.1) is 10.6 Å². The van der Waals surface area contributed by atoms with Gasteiger partial charge in [0.2, 0.25) is 0 Å². The number of esters is 1. The van der Waals surface area contributed by atoms with Crippen LogP contribution in [0.5, 0.6) is 0 Å². The standard InChI is InChI=1S/C15H12ClFO2/c1-10-4-2-5-11(8-10)15(18)19-9-12-13(16)6-3-7-14(12)17/h2-8H,9H2,1H3. The number of carbonyl (C=O) groups is 1. The zero-order valence-corrected chi connectivity index (χ0v) is 11.1. The fourth-order valence-electron chi connectivity index (χ4n) is 1.66. The first-order valence-corrected chi connectivity index (χ1v) is 6.12. The summed E-state index contributed by atoms with van der Waals surface area (Å²) in [6, 6.07) is 11.3. The summed E-state index contributed by atoms with van der Waals surface area (Å²) in [6.07, 6.45) is 0. The number of rotatable bonds is 3. The van der Waals surface area contributed by atoms with E-state index in [1.165, 1.54) is 12.1 Å². The van der Waals surface area contributed by atoms with Gasteiger partial charge in [-0.2, -0.15) is 0 Å². The molecule has 2 aromatic rings. The van der Waals surface area contributed by atoms with Crippen molar-refractivity contribution in [3.63, 3.8) is 0 Å². The maximum absolute atomic E-state index is 13.5. The van der Waals surface area contributed by atoms with Gasteiger partial charge in [0, 0.05) is 5.56 Å². The van der Waals surface area contributed by atoms with Crippen molar-refractivity contribution in [2.24, 2.45) is 0 Å². The molecule has 2 aromatic carbocycles. The predicted molar refractivity (Wildman–Crippen MR) is 71.7 cm³/mol. The number of hydrogen-bond donors (Lipinski definition) is 0. The number of halogens is 2. The molecule has 19 heavy (non-hydrogen) atoms. The molecule has 0 unspecified atom stereocenters. The number of carbonyl (C=O) groups excluding carboxylic acids is 1. The van der Waals surface area contributed by atoms with Crippen LogP contribution in [0.1, 0.15) is 21.5 Å². The van der Waals surface area contributed by atoms with E-state index < -0.39 is 11.8 Å². The first kappa shape index (κ1) is 13.6. The molecule has 2 rings (SSSR count). The predicted octanol–water partition coefficient (Wildman–Crippen LogP) is 4.14. The molecule has 0 amide bonds. The molecule has 0 fully saturated rings. The minimum atomic E-state index is -0.497. The summed E-state index contributed by atoms with van der Waals surface area (Å²) in [7, 11) is 0. The summed E-state index contributed by atoms with van der Waals surface area (Å²) >= 11 is 5.85. The lowest BCUT2D eigenvalue weighted by Crippen LogP contribution is -2.06. The molecule has 0 aromatic heterocycles. The molecule has 0 N–H and O–H groups in total. The molecule has 0 atom stereocenters.